The van der Waals surface area contributed by atoms with Crippen LogP contribution in [0.5, 0.6) is 0 Å². The van der Waals surface area contributed by atoms with Crippen molar-refractivity contribution in [2.24, 2.45) is 0 Å². The van der Waals surface area contributed by atoms with Crippen molar-refractivity contribution >= 4 is 23.3 Å². The maximum atomic E-state index is 13.4. The smallest absolute Gasteiger partial charge is 0.337 e. The molecule has 0 spiro atoms. The highest BCUT2D eigenvalue weighted by atomic mass is 35.5. The standard InChI is InChI=1S/C22H26ClNO2/c1-6-16-22(17-10-8-7-9-11-17,20(25)26-21(2,3)4)24(5)19-14-12-18(23)13-15-19/h6-15H,1,16H2,2-5H3. The Labute approximate surface area is 161 Å². The Morgan fingerprint density at radius 2 is 1.69 bits per heavy atom. The number of anilines is 1. The zero-order chi connectivity index (χ0) is 19.4. The van der Waals surface area contributed by atoms with Crippen LogP contribution >= 0.6 is 11.6 Å². The molecule has 3 nitrogen and oxygen atoms in total. The van der Waals surface area contributed by atoms with Crippen LogP contribution in [-0.2, 0) is 15.1 Å². The molecule has 2 aromatic rings. The highest BCUT2D eigenvalue weighted by Crippen LogP contribution is 2.38. The highest BCUT2D eigenvalue weighted by molar-refractivity contribution is 6.30. The topological polar surface area (TPSA) is 29.5 Å². The Morgan fingerprint density at radius 1 is 1.12 bits per heavy atom. The van der Waals surface area contributed by atoms with E-state index in [0.717, 1.165) is 11.3 Å². The Bertz CT molecular complexity index is 750. The molecule has 0 radical (unpaired) electrons. The van der Waals surface area contributed by atoms with Crippen LogP contribution in [-0.4, -0.2) is 18.6 Å². The number of benzene rings is 2. The highest BCUT2D eigenvalue weighted by Gasteiger charge is 2.46. The molecule has 4 heteroatoms. The number of esters is 1. The normalized spacial score (nSPS) is 13.6. The molecule has 2 aromatic carbocycles. The van der Waals surface area contributed by atoms with Crippen molar-refractivity contribution in [3.8, 4) is 0 Å². The van der Waals surface area contributed by atoms with E-state index in [1.165, 1.54) is 0 Å². The summed E-state index contributed by atoms with van der Waals surface area (Å²) in [6.45, 7) is 9.50. The lowest BCUT2D eigenvalue weighted by atomic mass is 9.84. The molecule has 1 unspecified atom stereocenters. The number of halogens is 1. The van der Waals surface area contributed by atoms with Crippen LogP contribution in [0.1, 0.15) is 32.8 Å². The Kier molecular flexibility index (Phi) is 6.14. The minimum atomic E-state index is -1.02. The number of rotatable bonds is 6. The van der Waals surface area contributed by atoms with Crippen molar-refractivity contribution in [2.75, 3.05) is 11.9 Å². The van der Waals surface area contributed by atoms with E-state index in [1.54, 1.807) is 6.08 Å². The average molecular weight is 372 g/mol. The summed E-state index contributed by atoms with van der Waals surface area (Å²) in [7, 11) is 1.89. The summed E-state index contributed by atoms with van der Waals surface area (Å²) in [6, 6.07) is 17.1. The zero-order valence-electron chi connectivity index (χ0n) is 15.8. The molecule has 0 bridgehead atoms. The molecule has 0 N–H and O–H groups in total. The molecule has 0 fully saturated rings. The van der Waals surface area contributed by atoms with Gasteiger partial charge in [-0.25, -0.2) is 4.79 Å². The van der Waals surface area contributed by atoms with E-state index in [9.17, 15) is 4.79 Å². The Hall–Kier alpha value is -2.26. The van der Waals surface area contributed by atoms with Gasteiger partial charge in [0.1, 0.15) is 5.60 Å². The molecule has 0 saturated carbocycles. The summed E-state index contributed by atoms with van der Waals surface area (Å²) in [5.74, 6) is -0.312. The molecule has 0 heterocycles. The summed E-state index contributed by atoms with van der Waals surface area (Å²) in [4.78, 5) is 15.4. The van der Waals surface area contributed by atoms with Gasteiger partial charge in [0.25, 0.3) is 0 Å². The Morgan fingerprint density at radius 3 is 2.19 bits per heavy atom. The minimum Gasteiger partial charge on any atom is -0.458 e. The second kappa shape index (κ2) is 7.96. The molecule has 2 rings (SSSR count). The van der Waals surface area contributed by atoms with Crippen molar-refractivity contribution in [2.45, 2.75) is 38.3 Å². The van der Waals surface area contributed by atoms with Crippen molar-refractivity contribution < 1.29 is 9.53 Å². The van der Waals surface area contributed by atoms with E-state index in [2.05, 4.69) is 6.58 Å². The Balaban J connectivity index is 2.63. The number of likely N-dealkylation sites (N-methyl/N-ethyl adjacent to an activating group) is 1. The van der Waals surface area contributed by atoms with Crippen LogP contribution in [0.15, 0.2) is 67.3 Å². The molecular formula is C22H26ClNO2. The molecule has 26 heavy (non-hydrogen) atoms. The van der Waals surface area contributed by atoms with Crippen molar-refractivity contribution in [1.29, 1.82) is 0 Å². The van der Waals surface area contributed by atoms with E-state index < -0.39 is 11.1 Å². The largest absolute Gasteiger partial charge is 0.458 e. The van der Waals surface area contributed by atoms with Gasteiger partial charge in [-0.05, 0) is 50.6 Å². The van der Waals surface area contributed by atoms with E-state index in [4.69, 9.17) is 16.3 Å². The third-order valence-electron chi connectivity index (χ3n) is 4.21. The third kappa shape index (κ3) is 4.28. The fraction of sp³-hybridized carbons (Fsp3) is 0.318. The first-order valence-electron chi connectivity index (χ1n) is 8.60. The minimum absolute atomic E-state index is 0.312. The van der Waals surface area contributed by atoms with Gasteiger partial charge in [-0.3, -0.25) is 0 Å². The molecule has 0 saturated heterocycles. The SMILES string of the molecule is C=CCC(C(=O)OC(C)(C)C)(c1ccccc1)N(C)c1ccc(Cl)cc1. The number of nitrogens with zero attached hydrogens (tertiary/aromatic N) is 1. The molecule has 0 amide bonds. The maximum Gasteiger partial charge on any atom is 0.337 e. The monoisotopic (exact) mass is 371 g/mol. The lowest BCUT2D eigenvalue weighted by Crippen LogP contribution is -2.52. The number of hydrogen-bond donors (Lipinski definition) is 0. The van der Waals surface area contributed by atoms with Crippen molar-refractivity contribution in [3.63, 3.8) is 0 Å². The first kappa shape index (κ1) is 20.1. The summed E-state index contributed by atoms with van der Waals surface area (Å²) in [5.41, 5.74) is 0.0982. The first-order valence-corrected chi connectivity index (χ1v) is 8.98. The van der Waals surface area contributed by atoms with Crippen molar-refractivity contribution in [1.82, 2.24) is 0 Å². The summed E-state index contributed by atoms with van der Waals surface area (Å²) < 4.78 is 5.82. The number of carbonyl (C=O) groups excluding carboxylic acids is 1. The summed E-state index contributed by atoms with van der Waals surface area (Å²) in [5, 5.41) is 0.647. The summed E-state index contributed by atoms with van der Waals surface area (Å²) in [6.07, 6.45) is 2.16. The predicted molar refractivity (Wildman–Crippen MR) is 109 cm³/mol. The first-order chi connectivity index (χ1) is 12.2. The van der Waals surface area contributed by atoms with E-state index in [-0.39, 0.29) is 5.97 Å². The van der Waals surface area contributed by atoms with Gasteiger partial charge < -0.3 is 9.64 Å². The second-order valence-corrected chi connectivity index (χ2v) is 7.69. The molecular weight excluding hydrogens is 346 g/mol. The van der Waals surface area contributed by atoms with Crippen LogP contribution in [0.2, 0.25) is 5.02 Å². The fourth-order valence-electron chi connectivity index (χ4n) is 2.96. The van der Waals surface area contributed by atoms with E-state index >= 15 is 0 Å². The van der Waals surface area contributed by atoms with Gasteiger partial charge >= 0.3 is 5.97 Å². The van der Waals surface area contributed by atoms with Gasteiger partial charge in [-0.15, -0.1) is 6.58 Å². The number of hydrogen-bond acceptors (Lipinski definition) is 3. The second-order valence-electron chi connectivity index (χ2n) is 7.26. The van der Waals surface area contributed by atoms with E-state index in [0.29, 0.717) is 11.4 Å². The van der Waals surface area contributed by atoms with Crippen LogP contribution in [0.3, 0.4) is 0 Å². The summed E-state index contributed by atoms with van der Waals surface area (Å²) >= 11 is 6.03. The van der Waals surface area contributed by atoms with Gasteiger partial charge in [0.2, 0.25) is 0 Å². The third-order valence-corrected chi connectivity index (χ3v) is 4.47. The lowest BCUT2D eigenvalue weighted by Gasteiger charge is -2.42. The number of ether oxygens (including phenoxy) is 1. The lowest BCUT2D eigenvalue weighted by molar-refractivity contribution is -0.162. The van der Waals surface area contributed by atoms with Gasteiger partial charge in [0, 0.05) is 24.2 Å². The zero-order valence-corrected chi connectivity index (χ0v) is 16.6. The molecule has 0 aliphatic carbocycles. The number of carbonyl (C=O) groups is 1. The predicted octanol–water partition coefficient (Wildman–Crippen LogP) is 5.59. The molecule has 0 aromatic heterocycles. The van der Waals surface area contributed by atoms with Crippen LogP contribution < -0.4 is 4.90 Å². The van der Waals surface area contributed by atoms with Gasteiger partial charge in [0.15, 0.2) is 5.54 Å². The van der Waals surface area contributed by atoms with Crippen LogP contribution in [0, 0.1) is 0 Å². The fourth-order valence-corrected chi connectivity index (χ4v) is 3.08. The molecule has 0 aliphatic heterocycles. The van der Waals surface area contributed by atoms with E-state index in [1.807, 2.05) is 87.3 Å². The molecule has 0 aliphatic rings. The van der Waals surface area contributed by atoms with Crippen LogP contribution in [0.4, 0.5) is 5.69 Å². The van der Waals surface area contributed by atoms with Gasteiger partial charge in [0.05, 0.1) is 0 Å². The average Bonchev–Trinajstić information content (AvgIpc) is 2.59. The van der Waals surface area contributed by atoms with Crippen LogP contribution in [0.25, 0.3) is 0 Å². The molecule has 1 atom stereocenters. The quantitative estimate of drug-likeness (QED) is 0.489. The maximum absolute atomic E-state index is 13.4. The van der Waals surface area contributed by atoms with Crippen molar-refractivity contribution in [3.05, 3.63) is 77.8 Å². The molecule has 138 valence electrons. The van der Waals surface area contributed by atoms with Gasteiger partial charge in [-0.2, -0.15) is 0 Å². The van der Waals surface area contributed by atoms with Gasteiger partial charge in [-0.1, -0.05) is 48.0 Å².